The van der Waals surface area contributed by atoms with E-state index in [1.165, 1.54) is 0 Å². The second-order valence-corrected chi connectivity index (χ2v) is 5.90. The fourth-order valence-electron chi connectivity index (χ4n) is 1.74. The molecule has 1 aromatic heterocycles. The van der Waals surface area contributed by atoms with Crippen molar-refractivity contribution in [1.82, 2.24) is 4.98 Å². The smallest absolute Gasteiger partial charge is 0.412 e. The second kappa shape index (κ2) is 5.36. The monoisotopic (exact) mass is 299 g/mol. The molecule has 0 saturated carbocycles. The number of hydrogen-bond acceptors (Lipinski definition) is 5. The van der Waals surface area contributed by atoms with Crippen LogP contribution < -0.4 is 15.0 Å². The lowest BCUT2D eigenvalue weighted by molar-refractivity contribution is 0.0636. The third-order valence-electron chi connectivity index (χ3n) is 2.60. The summed E-state index contributed by atoms with van der Waals surface area (Å²) >= 11 is 6.08. The summed E-state index contributed by atoms with van der Waals surface area (Å²) in [6.07, 6.45) is -0.578. The standard InChI is InChI=1S/C13H18ClN3O3/c1-13(2,3)20-12(18)15-8-7-9-11(16-10(8)14)17(4)5-6-19-9/h7H,5-6H2,1-4H3,(H,15,18). The van der Waals surface area contributed by atoms with Crippen molar-refractivity contribution < 1.29 is 14.3 Å². The molecule has 1 N–H and O–H groups in total. The van der Waals surface area contributed by atoms with Crippen LogP contribution in [0.1, 0.15) is 20.8 Å². The molecule has 2 rings (SSSR count). The summed E-state index contributed by atoms with van der Waals surface area (Å²) in [5.41, 5.74) is -0.204. The van der Waals surface area contributed by atoms with E-state index in [0.717, 1.165) is 6.54 Å². The molecule has 20 heavy (non-hydrogen) atoms. The molecule has 0 aliphatic carbocycles. The number of likely N-dealkylation sites (N-methyl/N-ethyl adjacent to an activating group) is 1. The number of rotatable bonds is 1. The Hall–Kier alpha value is -1.69. The molecule has 6 nitrogen and oxygen atoms in total. The van der Waals surface area contributed by atoms with E-state index in [-0.39, 0.29) is 5.15 Å². The van der Waals surface area contributed by atoms with Crippen LogP contribution in [0, 0.1) is 0 Å². The van der Waals surface area contributed by atoms with Crippen LogP contribution in [0.4, 0.5) is 16.3 Å². The van der Waals surface area contributed by atoms with Gasteiger partial charge in [-0.3, -0.25) is 5.32 Å². The normalized spacial score (nSPS) is 14.3. The van der Waals surface area contributed by atoms with Crippen LogP contribution >= 0.6 is 11.6 Å². The highest BCUT2D eigenvalue weighted by atomic mass is 35.5. The molecule has 0 unspecified atom stereocenters. The number of fused-ring (bicyclic) bond motifs is 1. The molecule has 1 amide bonds. The summed E-state index contributed by atoms with van der Waals surface area (Å²) in [7, 11) is 1.91. The molecule has 0 fully saturated rings. The minimum absolute atomic E-state index is 0.201. The predicted molar refractivity (Wildman–Crippen MR) is 77.9 cm³/mol. The molecule has 2 heterocycles. The first kappa shape index (κ1) is 14.7. The van der Waals surface area contributed by atoms with Gasteiger partial charge in [0.25, 0.3) is 0 Å². The Balaban J connectivity index is 2.19. The molecule has 1 aliphatic rings. The van der Waals surface area contributed by atoms with Gasteiger partial charge < -0.3 is 14.4 Å². The maximum Gasteiger partial charge on any atom is 0.412 e. The van der Waals surface area contributed by atoms with Crippen molar-refractivity contribution in [2.45, 2.75) is 26.4 Å². The molecule has 110 valence electrons. The van der Waals surface area contributed by atoms with E-state index < -0.39 is 11.7 Å². The lowest BCUT2D eigenvalue weighted by atomic mass is 10.2. The molecule has 1 aromatic rings. The van der Waals surface area contributed by atoms with Crippen molar-refractivity contribution >= 4 is 29.2 Å². The van der Waals surface area contributed by atoms with Gasteiger partial charge in [0, 0.05) is 13.1 Å². The summed E-state index contributed by atoms with van der Waals surface area (Å²) in [5, 5.41) is 2.78. The minimum atomic E-state index is -0.578. The molecular weight excluding hydrogens is 282 g/mol. The highest BCUT2D eigenvalue weighted by molar-refractivity contribution is 6.32. The molecule has 0 aromatic carbocycles. The summed E-state index contributed by atoms with van der Waals surface area (Å²) in [6.45, 7) is 6.68. The van der Waals surface area contributed by atoms with Gasteiger partial charge in [-0.15, -0.1) is 0 Å². The van der Waals surface area contributed by atoms with E-state index in [1.807, 2.05) is 11.9 Å². The number of hydrogen-bond donors (Lipinski definition) is 1. The number of carbonyl (C=O) groups is 1. The Morgan fingerprint density at radius 3 is 2.90 bits per heavy atom. The number of amides is 1. The predicted octanol–water partition coefficient (Wildman–Crippen LogP) is 2.91. The molecule has 0 bridgehead atoms. The van der Waals surface area contributed by atoms with E-state index in [4.69, 9.17) is 21.1 Å². The van der Waals surface area contributed by atoms with Gasteiger partial charge in [-0.2, -0.15) is 0 Å². The summed E-state index contributed by atoms with van der Waals surface area (Å²) in [5.74, 6) is 1.25. The summed E-state index contributed by atoms with van der Waals surface area (Å²) in [6, 6.07) is 1.66. The topological polar surface area (TPSA) is 63.7 Å². The number of ether oxygens (including phenoxy) is 2. The molecule has 0 radical (unpaired) electrons. The number of nitrogens with zero attached hydrogens (tertiary/aromatic N) is 2. The van der Waals surface area contributed by atoms with Gasteiger partial charge in [0.15, 0.2) is 16.7 Å². The maximum absolute atomic E-state index is 11.7. The van der Waals surface area contributed by atoms with Crippen molar-refractivity contribution in [3.8, 4) is 5.75 Å². The van der Waals surface area contributed by atoms with E-state index in [0.29, 0.717) is 23.9 Å². The van der Waals surface area contributed by atoms with Gasteiger partial charge in [0.1, 0.15) is 12.2 Å². The lowest BCUT2D eigenvalue weighted by Gasteiger charge is -2.27. The SMILES string of the molecule is CN1CCOc2cc(NC(=O)OC(C)(C)C)c(Cl)nc21. The number of anilines is 2. The van der Waals surface area contributed by atoms with E-state index in [1.54, 1.807) is 26.8 Å². The van der Waals surface area contributed by atoms with Crippen LogP contribution in [0.15, 0.2) is 6.07 Å². The maximum atomic E-state index is 11.7. The first-order chi connectivity index (χ1) is 9.26. The van der Waals surface area contributed by atoms with Crippen LogP contribution in [0.3, 0.4) is 0 Å². The average molecular weight is 300 g/mol. The second-order valence-electron chi connectivity index (χ2n) is 5.55. The Bertz CT molecular complexity index is 528. The molecule has 0 spiro atoms. The zero-order valence-electron chi connectivity index (χ0n) is 12.0. The van der Waals surface area contributed by atoms with Crippen molar-refractivity contribution in [1.29, 1.82) is 0 Å². The number of carbonyl (C=O) groups excluding carboxylic acids is 1. The van der Waals surface area contributed by atoms with E-state index >= 15 is 0 Å². The number of aromatic nitrogens is 1. The number of nitrogens with one attached hydrogen (secondary N) is 1. The summed E-state index contributed by atoms with van der Waals surface area (Å²) in [4.78, 5) is 17.9. The Morgan fingerprint density at radius 1 is 1.55 bits per heavy atom. The van der Waals surface area contributed by atoms with Crippen LogP contribution in [-0.2, 0) is 4.74 Å². The van der Waals surface area contributed by atoms with Gasteiger partial charge >= 0.3 is 6.09 Å². The number of pyridine rings is 1. The fourth-order valence-corrected chi connectivity index (χ4v) is 1.92. The van der Waals surface area contributed by atoms with Crippen molar-refractivity contribution in [3.63, 3.8) is 0 Å². The molecule has 7 heteroatoms. The van der Waals surface area contributed by atoms with Gasteiger partial charge in [-0.25, -0.2) is 9.78 Å². The van der Waals surface area contributed by atoms with Gasteiger partial charge in [-0.05, 0) is 20.8 Å². The van der Waals surface area contributed by atoms with Gasteiger partial charge in [0.2, 0.25) is 0 Å². The lowest BCUT2D eigenvalue weighted by Crippen LogP contribution is -2.30. The molecular formula is C13H18ClN3O3. The van der Waals surface area contributed by atoms with E-state index in [2.05, 4.69) is 10.3 Å². The average Bonchev–Trinajstić information content (AvgIpc) is 2.29. The Morgan fingerprint density at radius 2 is 2.25 bits per heavy atom. The first-order valence-corrected chi connectivity index (χ1v) is 6.68. The molecule has 0 atom stereocenters. The zero-order chi connectivity index (χ0) is 14.9. The van der Waals surface area contributed by atoms with Crippen molar-refractivity contribution in [3.05, 3.63) is 11.2 Å². The quantitative estimate of drug-likeness (QED) is 0.808. The van der Waals surface area contributed by atoms with E-state index in [9.17, 15) is 4.79 Å². The Labute approximate surface area is 123 Å². The number of halogens is 1. The Kier molecular flexibility index (Phi) is 3.94. The van der Waals surface area contributed by atoms with Crippen LogP contribution in [0.5, 0.6) is 5.75 Å². The van der Waals surface area contributed by atoms with Crippen LogP contribution in [-0.4, -0.2) is 36.9 Å². The third kappa shape index (κ3) is 3.45. The van der Waals surface area contributed by atoms with Crippen LogP contribution in [0.25, 0.3) is 0 Å². The third-order valence-corrected chi connectivity index (χ3v) is 2.89. The fraction of sp³-hybridized carbons (Fsp3) is 0.538. The first-order valence-electron chi connectivity index (χ1n) is 6.31. The summed E-state index contributed by atoms with van der Waals surface area (Å²) < 4.78 is 10.7. The van der Waals surface area contributed by atoms with Crippen molar-refractivity contribution in [2.75, 3.05) is 30.4 Å². The highest BCUT2D eigenvalue weighted by Crippen LogP contribution is 2.35. The van der Waals surface area contributed by atoms with Crippen LogP contribution in [0.2, 0.25) is 5.15 Å². The van der Waals surface area contributed by atoms with Gasteiger partial charge in [-0.1, -0.05) is 11.6 Å². The largest absolute Gasteiger partial charge is 0.488 e. The molecule has 1 aliphatic heterocycles. The zero-order valence-corrected chi connectivity index (χ0v) is 12.7. The molecule has 0 saturated heterocycles. The van der Waals surface area contributed by atoms with Crippen molar-refractivity contribution in [2.24, 2.45) is 0 Å². The minimum Gasteiger partial charge on any atom is -0.488 e. The highest BCUT2D eigenvalue weighted by Gasteiger charge is 2.22. The van der Waals surface area contributed by atoms with Gasteiger partial charge in [0.05, 0.1) is 12.2 Å².